The molecular formula is C26H18ClNO4. The van der Waals surface area contributed by atoms with Crippen LogP contribution in [-0.4, -0.2) is 29.2 Å². The zero-order valence-electron chi connectivity index (χ0n) is 16.9. The van der Waals surface area contributed by atoms with E-state index in [0.717, 1.165) is 27.2 Å². The standard InChI is InChI=1S/C26H18ClNO4/c27-18-11-5-6-12-19(18)32-20(29)13-28-25(30)23-21-14-7-1-2-8-15(14)22(24(23)26(28)31)17-10-4-3-9-16(17)21/h1-12,21-24H,13H2/t21?,22?,23-,24-/m1/s1. The Labute approximate surface area is 189 Å². The van der Waals surface area contributed by atoms with Gasteiger partial charge in [-0.2, -0.15) is 0 Å². The Morgan fingerprint density at radius 3 is 1.66 bits per heavy atom. The molecule has 7 rings (SSSR count). The van der Waals surface area contributed by atoms with E-state index in [9.17, 15) is 14.4 Å². The molecule has 2 bridgehead atoms. The fourth-order valence-electron chi connectivity index (χ4n) is 5.71. The zero-order chi connectivity index (χ0) is 22.0. The number of carbonyl (C=O) groups is 3. The lowest BCUT2D eigenvalue weighted by Gasteiger charge is -2.45. The SMILES string of the molecule is O=C(CN1C(=O)[C@@H]2C3c4ccccc4C(c4ccccc43)[C@H]2C1=O)Oc1ccccc1Cl. The second-order valence-corrected chi connectivity index (χ2v) is 8.84. The van der Waals surface area contributed by atoms with E-state index in [1.807, 2.05) is 48.5 Å². The smallest absolute Gasteiger partial charge is 0.331 e. The molecule has 3 aliphatic carbocycles. The molecule has 0 spiro atoms. The minimum atomic E-state index is -0.694. The largest absolute Gasteiger partial charge is 0.424 e. The van der Waals surface area contributed by atoms with Crippen LogP contribution >= 0.6 is 11.6 Å². The number of esters is 1. The van der Waals surface area contributed by atoms with Gasteiger partial charge in [0.2, 0.25) is 11.8 Å². The van der Waals surface area contributed by atoms with Gasteiger partial charge in [0.25, 0.3) is 0 Å². The van der Waals surface area contributed by atoms with Crippen molar-refractivity contribution in [1.82, 2.24) is 4.90 Å². The average Bonchev–Trinajstić information content (AvgIpc) is 3.06. The molecule has 4 aliphatic rings. The predicted octanol–water partition coefficient (Wildman–Crippen LogP) is 4.14. The molecule has 0 aromatic heterocycles. The van der Waals surface area contributed by atoms with Gasteiger partial charge in [0, 0.05) is 11.8 Å². The topological polar surface area (TPSA) is 63.7 Å². The molecule has 0 radical (unpaired) electrons. The van der Waals surface area contributed by atoms with E-state index in [0.29, 0.717) is 0 Å². The Kier molecular flexibility index (Phi) is 4.24. The lowest BCUT2D eigenvalue weighted by Crippen LogP contribution is -2.41. The van der Waals surface area contributed by atoms with Gasteiger partial charge in [0.05, 0.1) is 16.9 Å². The van der Waals surface area contributed by atoms with E-state index < -0.39 is 24.3 Å². The van der Waals surface area contributed by atoms with Gasteiger partial charge in [-0.15, -0.1) is 0 Å². The molecule has 3 aromatic rings. The number of carbonyl (C=O) groups excluding carboxylic acids is 3. The highest BCUT2D eigenvalue weighted by Crippen LogP contribution is 2.60. The van der Waals surface area contributed by atoms with E-state index in [1.165, 1.54) is 0 Å². The van der Waals surface area contributed by atoms with E-state index in [4.69, 9.17) is 16.3 Å². The summed E-state index contributed by atoms with van der Waals surface area (Å²) in [4.78, 5) is 40.7. The van der Waals surface area contributed by atoms with Crippen LogP contribution in [0.15, 0.2) is 72.8 Å². The third-order valence-corrected chi connectivity index (χ3v) is 7.20. The van der Waals surface area contributed by atoms with Gasteiger partial charge in [-0.1, -0.05) is 72.3 Å². The van der Waals surface area contributed by atoms with Crippen molar-refractivity contribution < 1.29 is 19.1 Å². The number of ether oxygens (including phenoxy) is 1. The van der Waals surface area contributed by atoms with Crippen molar-refractivity contribution in [2.45, 2.75) is 11.8 Å². The van der Waals surface area contributed by atoms with Crippen molar-refractivity contribution in [3.63, 3.8) is 0 Å². The summed E-state index contributed by atoms with van der Waals surface area (Å²) in [6.45, 7) is -0.429. The third kappa shape index (κ3) is 2.61. The van der Waals surface area contributed by atoms with Crippen LogP contribution in [0.3, 0.4) is 0 Å². The first kappa shape index (κ1) is 19.3. The van der Waals surface area contributed by atoms with Gasteiger partial charge >= 0.3 is 5.97 Å². The van der Waals surface area contributed by atoms with E-state index >= 15 is 0 Å². The first-order valence-corrected chi connectivity index (χ1v) is 10.9. The van der Waals surface area contributed by atoms with Crippen molar-refractivity contribution in [2.75, 3.05) is 6.54 Å². The quantitative estimate of drug-likeness (QED) is 0.347. The summed E-state index contributed by atoms with van der Waals surface area (Å²) in [7, 11) is 0. The molecule has 0 saturated carbocycles. The Bertz CT molecular complexity index is 1190. The molecule has 32 heavy (non-hydrogen) atoms. The lowest BCUT2D eigenvalue weighted by molar-refractivity contribution is -0.148. The summed E-state index contributed by atoms with van der Waals surface area (Å²) in [5, 5.41) is 0.289. The van der Waals surface area contributed by atoms with Crippen LogP contribution in [0.25, 0.3) is 0 Å². The average molecular weight is 444 g/mol. The summed E-state index contributed by atoms with van der Waals surface area (Å²) < 4.78 is 5.33. The van der Waals surface area contributed by atoms with Gasteiger partial charge in [-0.05, 0) is 34.4 Å². The molecule has 1 saturated heterocycles. The summed E-state index contributed by atoms with van der Waals surface area (Å²) >= 11 is 6.07. The molecule has 0 N–H and O–H groups in total. The summed E-state index contributed by atoms with van der Waals surface area (Å²) in [5.41, 5.74) is 4.39. The Morgan fingerprint density at radius 2 is 1.19 bits per heavy atom. The van der Waals surface area contributed by atoms with Gasteiger partial charge < -0.3 is 4.74 Å². The van der Waals surface area contributed by atoms with Crippen molar-refractivity contribution in [3.8, 4) is 5.75 Å². The minimum absolute atomic E-state index is 0.196. The predicted molar refractivity (Wildman–Crippen MR) is 117 cm³/mol. The maximum atomic E-state index is 13.5. The number of hydrogen-bond acceptors (Lipinski definition) is 4. The number of amides is 2. The van der Waals surface area contributed by atoms with Crippen LogP contribution in [0.4, 0.5) is 0 Å². The van der Waals surface area contributed by atoms with Crippen LogP contribution in [0.5, 0.6) is 5.75 Å². The molecule has 2 amide bonds. The van der Waals surface area contributed by atoms with Crippen molar-refractivity contribution in [1.29, 1.82) is 0 Å². The third-order valence-electron chi connectivity index (χ3n) is 6.89. The number of imide groups is 1. The minimum Gasteiger partial charge on any atom is -0.424 e. The molecular weight excluding hydrogens is 426 g/mol. The van der Waals surface area contributed by atoms with E-state index in [-0.39, 0.29) is 34.4 Å². The second kappa shape index (κ2) is 7.04. The normalized spacial score (nSPS) is 24.7. The Morgan fingerprint density at radius 1 is 0.750 bits per heavy atom. The highest BCUT2D eigenvalue weighted by Gasteiger charge is 2.61. The van der Waals surface area contributed by atoms with Crippen LogP contribution in [0.1, 0.15) is 34.1 Å². The van der Waals surface area contributed by atoms with E-state index in [1.54, 1.807) is 24.3 Å². The highest BCUT2D eigenvalue weighted by atomic mass is 35.5. The maximum absolute atomic E-state index is 13.5. The molecule has 1 heterocycles. The number of likely N-dealkylation sites (tertiary alicyclic amines) is 1. The highest BCUT2D eigenvalue weighted by molar-refractivity contribution is 6.32. The van der Waals surface area contributed by atoms with Gasteiger partial charge in [-0.3, -0.25) is 14.5 Å². The number of benzene rings is 3. The molecule has 5 nitrogen and oxygen atoms in total. The molecule has 1 fully saturated rings. The Balaban J connectivity index is 1.36. The van der Waals surface area contributed by atoms with Crippen molar-refractivity contribution >= 4 is 29.4 Å². The van der Waals surface area contributed by atoms with Crippen LogP contribution in [0.2, 0.25) is 5.02 Å². The van der Waals surface area contributed by atoms with Crippen LogP contribution < -0.4 is 4.74 Å². The number of hydrogen-bond donors (Lipinski definition) is 0. The summed E-state index contributed by atoms with van der Waals surface area (Å²) in [5.74, 6) is -2.52. The maximum Gasteiger partial charge on any atom is 0.331 e. The van der Waals surface area contributed by atoms with Crippen LogP contribution in [0, 0.1) is 11.8 Å². The molecule has 2 atom stereocenters. The molecule has 158 valence electrons. The van der Waals surface area contributed by atoms with Gasteiger partial charge in [-0.25, -0.2) is 4.79 Å². The number of rotatable bonds is 3. The fourth-order valence-corrected chi connectivity index (χ4v) is 5.88. The summed E-state index contributed by atoms with van der Waals surface area (Å²) in [6.07, 6.45) is 0. The second-order valence-electron chi connectivity index (χ2n) is 8.43. The molecule has 1 aliphatic heterocycles. The van der Waals surface area contributed by atoms with Gasteiger partial charge in [0.1, 0.15) is 12.3 Å². The monoisotopic (exact) mass is 443 g/mol. The van der Waals surface area contributed by atoms with Crippen molar-refractivity contribution in [2.24, 2.45) is 11.8 Å². The summed E-state index contributed by atoms with van der Waals surface area (Å²) in [6, 6.07) is 22.7. The molecule has 6 heteroatoms. The fraction of sp³-hybridized carbons (Fsp3) is 0.192. The first-order valence-electron chi connectivity index (χ1n) is 10.5. The van der Waals surface area contributed by atoms with Crippen molar-refractivity contribution in [3.05, 3.63) is 100 Å². The Hall–Kier alpha value is -3.44. The van der Waals surface area contributed by atoms with Crippen LogP contribution in [-0.2, 0) is 14.4 Å². The molecule has 3 aromatic carbocycles. The number of para-hydroxylation sites is 1. The number of halogens is 1. The first-order chi connectivity index (χ1) is 15.6. The van der Waals surface area contributed by atoms with Gasteiger partial charge in [0.15, 0.2) is 0 Å². The molecule has 0 unspecified atom stereocenters. The number of nitrogens with zero attached hydrogens (tertiary/aromatic N) is 1. The lowest BCUT2D eigenvalue weighted by atomic mass is 9.55. The van der Waals surface area contributed by atoms with E-state index in [2.05, 4.69) is 0 Å². The zero-order valence-corrected chi connectivity index (χ0v) is 17.7.